The molecule has 1 fully saturated rings. The number of carbonyl (C=O) groups excluding carboxylic acids is 1. The van der Waals surface area contributed by atoms with Crippen molar-refractivity contribution in [3.63, 3.8) is 0 Å². The molecule has 0 radical (unpaired) electrons. The Morgan fingerprint density at radius 2 is 2.04 bits per heavy atom. The zero-order valence-corrected chi connectivity index (χ0v) is 16.0. The fourth-order valence-corrected chi connectivity index (χ4v) is 2.74. The number of aromatic nitrogens is 1. The van der Waals surface area contributed by atoms with Crippen LogP contribution >= 0.6 is 12.4 Å². The Morgan fingerprint density at radius 1 is 1.35 bits per heavy atom. The lowest BCUT2D eigenvalue weighted by Crippen LogP contribution is -2.39. The van der Waals surface area contributed by atoms with E-state index in [-0.39, 0.29) is 24.4 Å². The van der Waals surface area contributed by atoms with Crippen molar-refractivity contribution in [3.8, 4) is 5.75 Å². The minimum atomic E-state index is 0. The van der Waals surface area contributed by atoms with Crippen LogP contribution in [-0.4, -0.2) is 23.7 Å². The predicted octanol–water partition coefficient (Wildman–Crippen LogP) is 2.69. The maximum atomic E-state index is 12.0. The van der Waals surface area contributed by atoms with Gasteiger partial charge in [-0.2, -0.15) is 0 Å². The number of hydrogen-bond donors (Lipinski definition) is 2. The van der Waals surface area contributed by atoms with Gasteiger partial charge in [-0.25, -0.2) is 0 Å². The molecule has 0 bridgehead atoms. The number of halogens is 1. The molecule has 0 spiro atoms. The molecule has 7 heteroatoms. The third-order valence-corrected chi connectivity index (χ3v) is 4.61. The number of benzene rings is 1. The van der Waals surface area contributed by atoms with Crippen LogP contribution in [0.5, 0.6) is 5.75 Å². The van der Waals surface area contributed by atoms with Gasteiger partial charge < -0.3 is 20.3 Å². The molecule has 1 aliphatic rings. The van der Waals surface area contributed by atoms with Crippen LogP contribution in [0.2, 0.25) is 0 Å². The third kappa shape index (κ3) is 5.47. The van der Waals surface area contributed by atoms with Gasteiger partial charge in [0.2, 0.25) is 5.91 Å². The lowest BCUT2D eigenvalue weighted by atomic mass is 10.1. The van der Waals surface area contributed by atoms with Gasteiger partial charge in [-0.05, 0) is 50.3 Å². The Balaban J connectivity index is 0.00000243. The summed E-state index contributed by atoms with van der Waals surface area (Å²) in [7, 11) is 0. The Hall–Kier alpha value is -2.05. The molecule has 2 aromatic rings. The van der Waals surface area contributed by atoms with Gasteiger partial charge in [0.05, 0.1) is 17.7 Å². The molecule has 1 unspecified atom stereocenters. The second kappa shape index (κ2) is 9.05. The summed E-state index contributed by atoms with van der Waals surface area (Å²) in [4.78, 5) is 12.0. The van der Waals surface area contributed by atoms with Crippen LogP contribution in [0, 0.1) is 19.8 Å². The van der Waals surface area contributed by atoms with Crippen LogP contribution in [0.3, 0.4) is 0 Å². The number of nitrogens with zero attached hydrogens (tertiary/aromatic N) is 1. The second-order valence-corrected chi connectivity index (χ2v) is 6.72. The van der Waals surface area contributed by atoms with Crippen LogP contribution in [0.25, 0.3) is 0 Å². The van der Waals surface area contributed by atoms with Crippen LogP contribution in [-0.2, 0) is 17.8 Å². The van der Waals surface area contributed by atoms with E-state index in [2.05, 4.69) is 10.5 Å². The molecular formula is C19H26ClN3O3. The van der Waals surface area contributed by atoms with E-state index in [1.807, 2.05) is 38.1 Å². The van der Waals surface area contributed by atoms with Crippen LogP contribution < -0.4 is 15.8 Å². The lowest BCUT2D eigenvalue weighted by Gasteiger charge is -2.12. The van der Waals surface area contributed by atoms with Gasteiger partial charge >= 0.3 is 0 Å². The van der Waals surface area contributed by atoms with E-state index in [0.717, 1.165) is 28.3 Å². The van der Waals surface area contributed by atoms with E-state index in [9.17, 15) is 4.79 Å². The molecule has 1 amide bonds. The summed E-state index contributed by atoms with van der Waals surface area (Å²) in [5.41, 5.74) is 8.75. The number of carbonyl (C=O) groups is 1. The number of nitrogens with two attached hydrogens (primary N) is 1. The van der Waals surface area contributed by atoms with E-state index < -0.39 is 0 Å². The highest BCUT2D eigenvalue weighted by Gasteiger charge is 2.28. The van der Waals surface area contributed by atoms with Crippen molar-refractivity contribution in [3.05, 3.63) is 46.8 Å². The van der Waals surface area contributed by atoms with Crippen LogP contribution in [0.15, 0.2) is 28.8 Å². The molecule has 142 valence electrons. The van der Waals surface area contributed by atoms with Gasteiger partial charge in [0.15, 0.2) is 0 Å². The van der Waals surface area contributed by atoms with E-state index in [1.54, 1.807) is 0 Å². The molecule has 1 aromatic heterocycles. The summed E-state index contributed by atoms with van der Waals surface area (Å²) < 4.78 is 10.9. The van der Waals surface area contributed by atoms with Crippen molar-refractivity contribution >= 4 is 18.3 Å². The Labute approximate surface area is 159 Å². The highest BCUT2D eigenvalue weighted by molar-refractivity contribution is 5.85. The van der Waals surface area contributed by atoms with E-state index in [4.69, 9.17) is 15.0 Å². The van der Waals surface area contributed by atoms with Crippen LogP contribution in [0.1, 0.15) is 35.4 Å². The number of nitrogens with one attached hydrogen (secondary N) is 1. The monoisotopic (exact) mass is 379 g/mol. The van der Waals surface area contributed by atoms with Gasteiger partial charge in [-0.1, -0.05) is 17.3 Å². The van der Waals surface area contributed by atoms with E-state index in [1.165, 1.54) is 12.8 Å². The number of amides is 1. The summed E-state index contributed by atoms with van der Waals surface area (Å²) in [6, 6.07) is 7.64. The van der Waals surface area contributed by atoms with Gasteiger partial charge in [0, 0.05) is 12.6 Å². The zero-order chi connectivity index (χ0) is 17.8. The molecule has 1 atom stereocenters. The molecule has 1 aromatic carbocycles. The van der Waals surface area contributed by atoms with Crippen molar-refractivity contribution in [2.24, 2.45) is 11.7 Å². The van der Waals surface area contributed by atoms with Crippen molar-refractivity contribution in [1.29, 1.82) is 0 Å². The molecular weight excluding hydrogens is 354 g/mol. The van der Waals surface area contributed by atoms with Gasteiger partial charge in [-0.15, -0.1) is 12.4 Å². The number of hydrogen-bond acceptors (Lipinski definition) is 5. The summed E-state index contributed by atoms with van der Waals surface area (Å²) in [6.45, 7) is 4.74. The fourth-order valence-electron chi connectivity index (χ4n) is 2.74. The topological polar surface area (TPSA) is 90.4 Å². The first-order chi connectivity index (χ1) is 12.0. The maximum absolute atomic E-state index is 12.0. The quantitative estimate of drug-likeness (QED) is 0.735. The van der Waals surface area contributed by atoms with Gasteiger partial charge in [0.25, 0.3) is 0 Å². The molecule has 6 nitrogen and oxygen atoms in total. The normalized spacial score (nSPS) is 14.4. The summed E-state index contributed by atoms with van der Waals surface area (Å²) in [5, 5.41) is 6.82. The second-order valence-electron chi connectivity index (χ2n) is 6.72. The number of aryl methyl sites for hydroxylation is 2. The summed E-state index contributed by atoms with van der Waals surface area (Å²) in [5.74, 6) is 2.12. The standard InChI is InChI=1S/C19H25N3O3.ClH/c1-12-17(13(2)25-22-12)11-24-16-7-3-14(4-8-16)9-19(23)21-10-18(20)15-5-6-15;/h3-4,7-8,15,18H,5-6,9-11,20H2,1-2H3,(H,21,23);1H. The summed E-state index contributed by atoms with van der Waals surface area (Å²) >= 11 is 0. The largest absolute Gasteiger partial charge is 0.489 e. The first-order valence-electron chi connectivity index (χ1n) is 8.68. The molecule has 3 rings (SSSR count). The highest BCUT2D eigenvalue weighted by atomic mass is 35.5. The Bertz CT molecular complexity index is 707. The highest BCUT2D eigenvalue weighted by Crippen LogP contribution is 2.31. The van der Waals surface area contributed by atoms with Gasteiger partial charge in [-0.3, -0.25) is 4.79 Å². The minimum Gasteiger partial charge on any atom is -0.489 e. The Morgan fingerprint density at radius 3 is 2.62 bits per heavy atom. The summed E-state index contributed by atoms with van der Waals surface area (Å²) in [6.07, 6.45) is 2.72. The maximum Gasteiger partial charge on any atom is 0.224 e. The average molecular weight is 380 g/mol. The van der Waals surface area contributed by atoms with Gasteiger partial charge in [0.1, 0.15) is 18.1 Å². The van der Waals surface area contributed by atoms with E-state index >= 15 is 0 Å². The molecule has 1 saturated carbocycles. The first kappa shape index (κ1) is 20.3. The molecule has 0 aliphatic heterocycles. The SMILES string of the molecule is Cc1noc(C)c1COc1ccc(CC(=O)NCC(N)C2CC2)cc1.Cl. The minimum absolute atomic E-state index is 0. The molecule has 1 aliphatic carbocycles. The molecule has 1 heterocycles. The molecule has 26 heavy (non-hydrogen) atoms. The first-order valence-corrected chi connectivity index (χ1v) is 8.68. The lowest BCUT2D eigenvalue weighted by molar-refractivity contribution is -0.120. The number of rotatable bonds is 8. The van der Waals surface area contributed by atoms with Crippen molar-refractivity contribution < 1.29 is 14.1 Å². The number of ether oxygens (including phenoxy) is 1. The average Bonchev–Trinajstić information content (AvgIpc) is 3.40. The molecule has 3 N–H and O–H groups in total. The van der Waals surface area contributed by atoms with Crippen LogP contribution in [0.4, 0.5) is 0 Å². The molecule has 0 saturated heterocycles. The predicted molar refractivity (Wildman–Crippen MR) is 101 cm³/mol. The fraction of sp³-hybridized carbons (Fsp3) is 0.474. The van der Waals surface area contributed by atoms with Crippen molar-refractivity contribution in [2.75, 3.05) is 6.54 Å². The van der Waals surface area contributed by atoms with Crippen molar-refractivity contribution in [2.45, 2.75) is 45.8 Å². The van der Waals surface area contributed by atoms with Crippen molar-refractivity contribution in [1.82, 2.24) is 10.5 Å². The zero-order valence-electron chi connectivity index (χ0n) is 15.2. The smallest absolute Gasteiger partial charge is 0.224 e. The Kier molecular flexibility index (Phi) is 7.06. The van der Waals surface area contributed by atoms with E-state index in [0.29, 0.717) is 25.5 Å². The third-order valence-electron chi connectivity index (χ3n) is 4.61.